The van der Waals surface area contributed by atoms with Gasteiger partial charge in [-0.3, -0.25) is 0 Å². The fourth-order valence-corrected chi connectivity index (χ4v) is 1.21. The van der Waals surface area contributed by atoms with Crippen LogP contribution < -0.4 is 0 Å². The van der Waals surface area contributed by atoms with Crippen molar-refractivity contribution in [3.05, 3.63) is 10.4 Å². The van der Waals surface area contributed by atoms with Crippen LogP contribution in [0, 0.1) is 0 Å². The fraction of sp³-hybridized carbons (Fsp3) is 0.923. The Bertz CT molecular complexity index is 337. The van der Waals surface area contributed by atoms with Gasteiger partial charge < -0.3 is 18.9 Å². The van der Waals surface area contributed by atoms with Crippen LogP contribution in [0.4, 0.5) is 0 Å². The van der Waals surface area contributed by atoms with Crippen LogP contribution in [0.5, 0.6) is 0 Å². The van der Waals surface area contributed by atoms with Crippen LogP contribution >= 0.6 is 0 Å². The summed E-state index contributed by atoms with van der Waals surface area (Å²) in [4.78, 5) is 14.2. The second kappa shape index (κ2) is 11.3. The van der Waals surface area contributed by atoms with E-state index in [9.17, 15) is 4.79 Å². The molecule has 8 nitrogen and oxygen atoms in total. The lowest BCUT2D eigenvalue weighted by atomic mass is 10.2. The normalized spacial score (nSPS) is 12.6. The number of hydrogen-bond acceptors (Lipinski definition) is 6. The number of nitrogens with zero attached hydrogens (tertiary/aromatic N) is 3. The Labute approximate surface area is 125 Å². The number of carbonyl (C=O) groups is 1. The van der Waals surface area contributed by atoms with Gasteiger partial charge in [0.05, 0.1) is 33.0 Å². The highest BCUT2D eigenvalue weighted by Gasteiger charge is 2.21. The van der Waals surface area contributed by atoms with Gasteiger partial charge in [0.25, 0.3) is 0 Å². The molecule has 0 spiro atoms. The van der Waals surface area contributed by atoms with Crippen LogP contribution in [-0.4, -0.2) is 57.3 Å². The summed E-state index contributed by atoms with van der Waals surface area (Å²) in [5.74, 6) is -0.385. The molecule has 0 rings (SSSR count). The smallest absolute Gasteiger partial charge is 0.335 e. The lowest BCUT2D eigenvalue weighted by Gasteiger charge is -2.22. The first-order valence-corrected chi connectivity index (χ1v) is 6.87. The van der Waals surface area contributed by atoms with Crippen molar-refractivity contribution < 1.29 is 23.7 Å². The van der Waals surface area contributed by atoms with E-state index in [0.717, 1.165) is 0 Å². The summed E-state index contributed by atoms with van der Waals surface area (Å²) in [6.07, 6.45) is -0.618. The van der Waals surface area contributed by atoms with Crippen molar-refractivity contribution in [2.24, 2.45) is 5.11 Å². The first kappa shape index (κ1) is 19.7. The molecule has 0 aliphatic carbocycles. The highest BCUT2D eigenvalue weighted by atomic mass is 16.6. The SMILES string of the molecule is CC(OCCOCCOCCN=[N+]=[N-])C(=O)OC(C)(C)C. The average Bonchev–Trinajstić information content (AvgIpc) is 2.38. The van der Waals surface area contributed by atoms with Crippen molar-refractivity contribution in [1.82, 2.24) is 0 Å². The Morgan fingerprint density at radius 2 is 1.71 bits per heavy atom. The largest absolute Gasteiger partial charge is 0.458 e. The van der Waals surface area contributed by atoms with Crippen LogP contribution in [0.2, 0.25) is 0 Å². The lowest BCUT2D eigenvalue weighted by molar-refractivity contribution is -0.168. The van der Waals surface area contributed by atoms with Crippen LogP contribution in [0.15, 0.2) is 5.11 Å². The minimum absolute atomic E-state index is 0.305. The first-order chi connectivity index (χ1) is 9.87. The quantitative estimate of drug-likeness (QED) is 0.191. The molecule has 0 aliphatic rings. The summed E-state index contributed by atoms with van der Waals surface area (Å²) in [5, 5.41) is 3.33. The molecule has 1 unspecified atom stereocenters. The van der Waals surface area contributed by atoms with Gasteiger partial charge in [-0.25, -0.2) is 4.79 Å². The molecular weight excluding hydrogens is 278 g/mol. The molecule has 0 radical (unpaired) electrons. The van der Waals surface area contributed by atoms with E-state index in [0.29, 0.717) is 39.6 Å². The Morgan fingerprint density at radius 1 is 1.14 bits per heavy atom. The minimum Gasteiger partial charge on any atom is -0.458 e. The number of esters is 1. The summed E-state index contributed by atoms with van der Waals surface area (Å²) in [5.41, 5.74) is 7.53. The first-order valence-electron chi connectivity index (χ1n) is 6.87. The van der Waals surface area contributed by atoms with Gasteiger partial charge in [-0.2, -0.15) is 0 Å². The van der Waals surface area contributed by atoms with E-state index < -0.39 is 11.7 Å². The summed E-state index contributed by atoms with van der Waals surface area (Å²) in [6.45, 7) is 9.27. The summed E-state index contributed by atoms with van der Waals surface area (Å²) >= 11 is 0. The van der Waals surface area contributed by atoms with Gasteiger partial charge in [-0.05, 0) is 33.2 Å². The molecule has 0 fully saturated rings. The van der Waals surface area contributed by atoms with E-state index in [1.165, 1.54) is 0 Å². The maximum atomic E-state index is 11.6. The van der Waals surface area contributed by atoms with Crippen LogP contribution in [0.3, 0.4) is 0 Å². The molecule has 0 heterocycles. The third-order valence-corrected chi connectivity index (χ3v) is 2.11. The molecule has 0 saturated heterocycles. The highest BCUT2D eigenvalue weighted by Crippen LogP contribution is 2.09. The zero-order chi connectivity index (χ0) is 16.1. The number of azide groups is 1. The van der Waals surface area contributed by atoms with Crippen molar-refractivity contribution in [1.29, 1.82) is 0 Å². The Kier molecular flexibility index (Phi) is 10.6. The van der Waals surface area contributed by atoms with Crippen molar-refractivity contribution >= 4 is 5.97 Å². The number of ether oxygens (including phenoxy) is 4. The third kappa shape index (κ3) is 13.4. The summed E-state index contributed by atoms with van der Waals surface area (Å²) in [6, 6.07) is 0. The molecule has 0 aromatic rings. The lowest BCUT2D eigenvalue weighted by Crippen LogP contribution is -2.32. The number of hydrogen-bond donors (Lipinski definition) is 0. The highest BCUT2D eigenvalue weighted by molar-refractivity contribution is 5.74. The van der Waals surface area contributed by atoms with Gasteiger partial charge in [0.15, 0.2) is 6.10 Å². The molecular formula is C13H25N3O5. The van der Waals surface area contributed by atoms with E-state index in [2.05, 4.69) is 10.0 Å². The molecule has 0 saturated carbocycles. The predicted octanol–water partition coefficient (Wildman–Crippen LogP) is 2.08. The predicted molar refractivity (Wildman–Crippen MR) is 76.9 cm³/mol. The van der Waals surface area contributed by atoms with Crippen molar-refractivity contribution in [2.45, 2.75) is 39.4 Å². The molecule has 0 aromatic heterocycles. The van der Waals surface area contributed by atoms with Gasteiger partial charge >= 0.3 is 5.97 Å². The van der Waals surface area contributed by atoms with E-state index in [4.69, 9.17) is 24.5 Å². The van der Waals surface area contributed by atoms with Gasteiger partial charge in [-0.15, -0.1) is 0 Å². The number of rotatable bonds is 11. The molecule has 1 atom stereocenters. The van der Waals surface area contributed by atoms with E-state index >= 15 is 0 Å². The molecule has 0 bridgehead atoms. The van der Waals surface area contributed by atoms with E-state index in [1.807, 2.05) is 20.8 Å². The molecule has 0 N–H and O–H groups in total. The third-order valence-electron chi connectivity index (χ3n) is 2.11. The van der Waals surface area contributed by atoms with Crippen LogP contribution in [0.1, 0.15) is 27.7 Å². The molecule has 122 valence electrons. The molecule has 0 aliphatic heterocycles. The topological polar surface area (TPSA) is 103 Å². The molecule has 21 heavy (non-hydrogen) atoms. The zero-order valence-electron chi connectivity index (χ0n) is 13.2. The Balaban J connectivity index is 3.46. The van der Waals surface area contributed by atoms with Gasteiger partial charge in [0.2, 0.25) is 0 Å². The maximum absolute atomic E-state index is 11.6. The average molecular weight is 303 g/mol. The summed E-state index contributed by atoms with van der Waals surface area (Å²) < 4.78 is 20.9. The maximum Gasteiger partial charge on any atom is 0.335 e. The van der Waals surface area contributed by atoms with Crippen molar-refractivity contribution in [3.8, 4) is 0 Å². The molecule has 0 aromatic carbocycles. The number of carbonyl (C=O) groups excluding carboxylic acids is 1. The van der Waals surface area contributed by atoms with Crippen LogP contribution in [-0.2, 0) is 23.7 Å². The van der Waals surface area contributed by atoms with Gasteiger partial charge in [0.1, 0.15) is 5.60 Å². The fourth-order valence-electron chi connectivity index (χ4n) is 1.21. The van der Waals surface area contributed by atoms with E-state index in [-0.39, 0.29) is 5.97 Å². The van der Waals surface area contributed by atoms with E-state index in [1.54, 1.807) is 6.92 Å². The summed E-state index contributed by atoms with van der Waals surface area (Å²) in [7, 11) is 0. The second-order valence-electron chi connectivity index (χ2n) is 5.23. The monoisotopic (exact) mass is 303 g/mol. The second-order valence-corrected chi connectivity index (χ2v) is 5.23. The Hall–Kier alpha value is -1.34. The minimum atomic E-state index is -0.618. The van der Waals surface area contributed by atoms with Gasteiger partial charge in [-0.1, -0.05) is 5.11 Å². The van der Waals surface area contributed by atoms with Crippen LogP contribution in [0.25, 0.3) is 10.4 Å². The van der Waals surface area contributed by atoms with Crippen molar-refractivity contribution in [3.63, 3.8) is 0 Å². The van der Waals surface area contributed by atoms with Gasteiger partial charge in [0, 0.05) is 11.5 Å². The zero-order valence-corrected chi connectivity index (χ0v) is 13.2. The molecule has 8 heteroatoms. The Morgan fingerprint density at radius 3 is 2.29 bits per heavy atom. The standard InChI is InChI=1S/C13H25N3O5/c1-11(12(17)21-13(2,3)4)20-10-9-19-8-7-18-6-5-15-16-14/h11H,5-10H2,1-4H3. The molecule has 0 amide bonds. The van der Waals surface area contributed by atoms with Crippen molar-refractivity contribution in [2.75, 3.05) is 39.6 Å².